The maximum Gasteiger partial charge on any atom is 0.115 e. The van der Waals surface area contributed by atoms with E-state index in [1.165, 1.54) is 5.56 Å². The van der Waals surface area contributed by atoms with E-state index in [0.717, 1.165) is 6.42 Å². The first kappa shape index (κ1) is 8.60. The van der Waals surface area contributed by atoms with Gasteiger partial charge in [0.05, 0.1) is 0 Å². The third kappa shape index (κ3) is 2.93. The standard InChI is InChI=1S/C9H11BrO/c1-7(10)6-8-2-4-9(11)5-3-8/h2-5,7,11H,6H2,1H3. The number of hydrogen-bond donors (Lipinski definition) is 1. The van der Waals surface area contributed by atoms with Crippen LogP contribution in [0.5, 0.6) is 5.75 Å². The first-order chi connectivity index (χ1) is 5.18. The van der Waals surface area contributed by atoms with Crippen molar-refractivity contribution in [2.24, 2.45) is 0 Å². The second-order valence-electron chi connectivity index (χ2n) is 2.65. The predicted octanol–water partition coefficient (Wildman–Crippen LogP) is 2.72. The minimum Gasteiger partial charge on any atom is -0.508 e. The normalized spacial score (nSPS) is 12.9. The molecular formula is C9H11BrO. The molecule has 0 aliphatic heterocycles. The molecule has 1 nitrogen and oxygen atoms in total. The van der Waals surface area contributed by atoms with Crippen LogP contribution in [0.3, 0.4) is 0 Å². The highest BCUT2D eigenvalue weighted by Gasteiger charge is 1.97. The van der Waals surface area contributed by atoms with Crippen molar-refractivity contribution >= 4 is 15.9 Å². The van der Waals surface area contributed by atoms with Crippen LogP contribution in [-0.2, 0) is 6.42 Å². The average molecular weight is 215 g/mol. The van der Waals surface area contributed by atoms with E-state index in [1.54, 1.807) is 12.1 Å². The van der Waals surface area contributed by atoms with Crippen molar-refractivity contribution in [3.8, 4) is 5.75 Å². The van der Waals surface area contributed by atoms with Gasteiger partial charge in [0, 0.05) is 4.83 Å². The molecule has 1 unspecified atom stereocenters. The Hall–Kier alpha value is -0.500. The summed E-state index contributed by atoms with van der Waals surface area (Å²) in [6.07, 6.45) is 1.00. The van der Waals surface area contributed by atoms with Crippen LogP contribution in [0.2, 0.25) is 0 Å². The summed E-state index contributed by atoms with van der Waals surface area (Å²) >= 11 is 3.47. The van der Waals surface area contributed by atoms with Crippen LogP contribution in [0.25, 0.3) is 0 Å². The quantitative estimate of drug-likeness (QED) is 0.752. The molecule has 0 heterocycles. The average Bonchev–Trinajstić information content (AvgIpc) is 1.93. The first-order valence-corrected chi connectivity index (χ1v) is 4.52. The Balaban J connectivity index is 2.66. The number of alkyl halides is 1. The van der Waals surface area contributed by atoms with Crippen LogP contribution >= 0.6 is 15.9 Å². The highest BCUT2D eigenvalue weighted by atomic mass is 79.9. The summed E-state index contributed by atoms with van der Waals surface area (Å²) in [7, 11) is 0. The van der Waals surface area contributed by atoms with E-state index in [9.17, 15) is 0 Å². The molecule has 1 atom stereocenters. The summed E-state index contributed by atoms with van der Waals surface area (Å²) in [4.78, 5) is 0.493. The van der Waals surface area contributed by atoms with Gasteiger partial charge in [0.25, 0.3) is 0 Å². The van der Waals surface area contributed by atoms with Crippen molar-refractivity contribution in [2.45, 2.75) is 18.2 Å². The fraction of sp³-hybridized carbons (Fsp3) is 0.333. The fourth-order valence-electron chi connectivity index (χ4n) is 0.957. The van der Waals surface area contributed by atoms with E-state index in [2.05, 4.69) is 22.9 Å². The van der Waals surface area contributed by atoms with Gasteiger partial charge in [0.15, 0.2) is 0 Å². The molecule has 1 aromatic rings. The van der Waals surface area contributed by atoms with Gasteiger partial charge >= 0.3 is 0 Å². The highest BCUT2D eigenvalue weighted by Crippen LogP contribution is 2.13. The van der Waals surface area contributed by atoms with Gasteiger partial charge in [-0.2, -0.15) is 0 Å². The number of phenols is 1. The Morgan fingerprint density at radius 2 is 1.91 bits per heavy atom. The van der Waals surface area contributed by atoms with Crippen molar-refractivity contribution < 1.29 is 5.11 Å². The van der Waals surface area contributed by atoms with Gasteiger partial charge in [-0.15, -0.1) is 0 Å². The lowest BCUT2D eigenvalue weighted by atomic mass is 10.1. The van der Waals surface area contributed by atoms with E-state index in [-0.39, 0.29) is 0 Å². The van der Waals surface area contributed by atoms with Crippen molar-refractivity contribution in [1.29, 1.82) is 0 Å². The molecule has 1 N–H and O–H groups in total. The number of hydrogen-bond acceptors (Lipinski definition) is 1. The van der Waals surface area contributed by atoms with Gasteiger partial charge in [0.2, 0.25) is 0 Å². The van der Waals surface area contributed by atoms with E-state index in [4.69, 9.17) is 5.11 Å². The van der Waals surface area contributed by atoms with Crippen LogP contribution in [0.1, 0.15) is 12.5 Å². The molecule has 2 heteroatoms. The first-order valence-electron chi connectivity index (χ1n) is 3.60. The summed E-state index contributed by atoms with van der Waals surface area (Å²) in [5.74, 6) is 0.330. The molecule has 1 aromatic carbocycles. The summed E-state index contributed by atoms with van der Waals surface area (Å²) in [5, 5.41) is 8.98. The molecule has 0 aliphatic carbocycles. The van der Waals surface area contributed by atoms with Gasteiger partial charge in [-0.1, -0.05) is 35.0 Å². The molecule has 0 aliphatic rings. The van der Waals surface area contributed by atoms with Crippen LogP contribution < -0.4 is 0 Å². The highest BCUT2D eigenvalue weighted by molar-refractivity contribution is 9.09. The Morgan fingerprint density at radius 3 is 2.36 bits per heavy atom. The van der Waals surface area contributed by atoms with E-state index < -0.39 is 0 Å². The molecule has 0 amide bonds. The second-order valence-corrected chi connectivity index (χ2v) is 4.21. The van der Waals surface area contributed by atoms with Crippen LogP contribution in [0, 0.1) is 0 Å². The predicted molar refractivity (Wildman–Crippen MR) is 50.2 cm³/mol. The molecule has 0 spiro atoms. The number of benzene rings is 1. The molecule has 11 heavy (non-hydrogen) atoms. The number of rotatable bonds is 2. The van der Waals surface area contributed by atoms with Crippen LogP contribution in [-0.4, -0.2) is 9.93 Å². The Bertz CT molecular complexity index is 216. The monoisotopic (exact) mass is 214 g/mol. The zero-order chi connectivity index (χ0) is 8.27. The minimum absolute atomic E-state index is 0.330. The van der Waals surface area contributed by atoms with Crippen LogP contribution in [0.4, 0.5) is 0 Å². The molecule has 0 radical (unpaired) electrons. The van der Waals surface area contributed by atoms with Gasteiger partial charge in [-0.25, -0.2) is 0 Å². The molecular weight excluding hydrogens is 204 g/mol. The topological polar surface area (TPSA) is 20.2 Å². The zero-order valence-corrected chi connectivity index (χ0v) is 8.01. The Labute approximate surface area is 75.2 Å². The summed E-state index contributed by atoms with van der Waals surface area (Å²) < 4.78 is 0. The lowest BCUT2D eigenvalue weighted by Crippen LogP contribution is -1.95. The van der Waals surface area contributed by atoms with E-state index in [0.29, 0.717) is 10.6 Å². The summed E-state index contributed by atoms with van der Waals surface area (Å²) in [6.45, 7) is 2.10. The SMILES string of the molecule is CC(Br)Cc1ccc(O)cc1. The van der Waals surface area contributed by atoms with E-state index in [1.807, 2.05) is 12.1 Å². The molecule has 0 fully saturated rings. The lowest BCUT2D eigenvalue weighted by molar-refractivity contribution is 0.475. The maximum atomic E-state index is 8.98. The number of phenolic OH excluding ortho intramolecular Hbond substituents is 1. The zero-order valence-electron chi connectivity index (χ0n) is 6.42. The van der Waals surface area contributed by atoms with Crippen molar-refractivity contribution in [3.05, 3.63) is 29.8 Å². The number of halogens is 1. The van der Waals surface area contributed by atoms with Crippen molar-refractivity contribution in [1.82, 2.24) is 0 Å². The van der Waals surface area contributed by atoms with Crippen molar-refractivity contribution in [3.63, 3.8) is 0 Å². The minimum atomic E-state index is 0.330. The summed E-state index contributed by atoms with van der Waals surface area (Å²) in [6, 6.07) is 7.30. The molecule has 1 rings (SSSR count). The van der Waals surface area contributed by atoms with Gasteiger partial charge < -0.3 is 5.11 Å². The maximum absolute atomic E-state index is 8.98. The fourth-order valence-corrected chi connectivity index (χ4v) is 1.33. The van der Waals surface area contributed by atoms with Gasteiger partial charge in [-0.3, -0.25) is 0 Å². The lowest BCUT2D eigenvalue weighted by Gasteiger charge is -2.02. The molecule has 0 bridgehead atoms. The third-order valence-electron chi connectivity index (χ3n) is 1.45. The molecule has 60 valence electrons. The molecule has 0 saturated carbocycles. The Morgan fingerprint density at radius 1 is 1.36 bits per heavy atom. The van der Waals surface area contributed by atoms with Gasteiger partial charge in [-0.05, 0) is 24.1 Å². The van der Waals surface area contributed by atoms with Crippen LogP contribution in [0.15, 0.2) is 24.3 Å². The van der Waals surface area contributed by atoms with Crippen molar-refractivity contribution in [2.75, 3.05) is 0 Å². The van der Waals surface area contributed by atoms with Gasteiger partial charge in [0.1, 0.15) is 5.75 Å². The summed E-state index contributed by atoms with van der Waals surface area (Å²) in [5.41, 5.74) is 1.24. The van der Waals surface area contributed by atoms with E-state index >= 15 is 0 Å². The molecule has 0 saturated heterocycles. The Kier molecular flexibility index (Phi) is 2.94. The third-order valence-corrected chi connectivity index (χ3v) is 1.78. The smallest absolute Gasteiger partial charge is 0.115 e. The second kappa shape index (κ2) is 3.77. The molecule has 0 aromatic heterocycles. The number of aromatic hydroxyl groups is 1. The largest absolute Gasteiger partial charge is 0.508 e.